The van der Waals surface area contributed by atoms with E-state index in [9.17, 15) is 0 Å². The van der Waals surface area contributed by atoms with Gasteiger partial charge in [0.2, 0.25) is 0 Å². The van der Waals surface area contributed by atoms with Crippen LogP contribution in [0.15, 0.2) is 292 Å². The molecule has 6 aromatic heterocycles. The van der Waals surface area contributed by atoms with Crippen LogP contribution in [0.5, 0.6) is 23.0 Å². The van der Waals surface area contributed by atoms with Crippen LogP contribution in [-0.4, -0.2) is 29.1 Å². The van der Waals surface area contributed by atoms with Crippen molar-refractivity contribution in [1.82, 2.24) is 29.1 Å². The van der Waals surface area contributed by atoms with Gasteiger partial charge in [-0.05, 0) is 184 Å². The minimum absolute atomic E-state index is 0. The van der Waals surface area contributed by atoms with Crippen molar-refractivity contribution in [3.8, 4) is 102 Å². The molecule has 0 spiro atoms. The summed E-state index contributed by atoms with van der Waals surface area (Å²) in [5.41, 5.74) is 22.3. The van der Waals surface area contributed by atoms with Gasteiger partial charge in [0.15, 0.2) is 0 Å². The normalized spacial score (nSPS) is 11.1. The minimum Gasteiger partial charge on any atom is -0.503 e. The van der Waals surface area contributed by atoms with Crippen LogP contribution in [0.4, 0.5) is 0 Å². The molecule has 0 aliphatic carbocycles. The van der Waals surface area contributed by atoms with Crippen molar-refractivity contribution < 1.29 is 29.9 Å². The smallest absolute Gasteiger partial charge is 0.503 e. The van der Waals surface area contributed by atoms with Crippen molar-refractivity contribution in [3.05, 3.63) is 326 Å². The first-order chi connectivity index (χ1) is 45.2. The number of ether oxygens (including phenoxy) is 2. The Morgan fingerprint density at radius 3 is 1.42 bits per heavy atom. The van der Waals surface area contributed by atoms with E-state index in [-0.39, 0.29) is 20.4 Å². The minimum atomic E-state index is 0. The maximum Gasteiger partial charge on any atom is 2.00 e. The van der Waals surface area contributed by atoms with Crippen molar-refractivity contribution in [1.29, 1.82) is 0 Å². The number of aromatic nitrogens is 6. The standard InChI is InChI=1S/C42H31N3O.C42H29N3O.Pd/c2*1-28-23-33(30-11-4-3-5-12-30)24-29(2)42(28)32-20-22-43-38(26-32)31-13-10-14-34(25-31)46-35-18-19-37-36-15-6-7-16-39(36)45(40(37)27-35)41-17-8-9-21-44-41;/h3-27H,1-2H3;3-24,26H,1-2H3;/q;-2;+2. The summed E-state index contributed by atoms with van der Waals surface area (Å²) in [6.07, 6.45) is 7.40. The summed E-state index contributed by atoms with van der Waals surface area (Å²) < 4.78 is 17.2. The number of hydrogen-bond acceptors (Lipinski definition) is 6. The van der Waals surface area contributed by atoms with Crippen LogP contribution in [0.1, 0.15) is 22.3 Å². The van der Waals surface area contributed by atoms with Gasteiger partial charge < -0.3 is 19.0 Å². The van der Waals surface area contributed by atoms with E-state index in [0.29, 0.717) is 11.5 Å². The molecule has 0 N–H and O–H groups in total. The van der Waals surface area contributed by atoms with Crippen molar-refractivity contribution in [2.45, 2.75) is 27.7 Å². The third-order valence-electron chi connectivity index (χ3n) is 17.0. The molecule has 16 rings (SSSR count). The molecule has 6 heterocycles. The molecule has 0 saturated carbocycles. The van der Waals surface area contributed by atoms with Crippen molar-refractivity contribution in [3.63, 3.8) is 0 Å². The van der Waals surface area contributed by atoms with E-state index < -0.39 is 0 Å². The molecular formula is C84H60N6O2Pd. The molecular weight excluding hydrogens is 1230 g/mol. The van der Waals surface area contributed by atoms with Gasteiger partial charge in [-0.3, -0.25) is 9.55 Å². The van der Waals surface area contributed by atoms with Gasteiger partial charge in [-0.15, -0.1) is 41.3 Å². The number of nitrogens with zero attached hydrogens (tertiary/aromatic N) is 6. The number of pyridine rings is 4. The number of fused-ring (bicyclic) bond motifs is 6. The van der Waals surface area contributed by atoms with E-state index in [0.717, 1.165) is 95.0 Å². The van der Waals surface area contributed by atoms with E-state index in [4.69, 9.17) is 19.4 Å². The second-order valence-electron chi connectivity index (χ2n) is 23.1. The zero-order valence-electron chi connectivity index (χ0n) is 51.5. The van der Waals surface area contributed by atoms with Crippen LogP contribution in [0, 0.1) is 39.8 Å². The largest absolute Gasteiger partial charge is 2.00 e. The van der Waals surface area contributed by atoms with Gasteiger partial charge in [0, 0.05) is 64.2 Å². The average molecular weight is 1290 g/mol. The maximum atomic E-state index is 6.48. The van der Waals surface area contributed by atoms with Gasteiger partial charge in [0.05, 0.1) is 16.7 Å². The number of hydrogen-bond donors (Lipinski definition) is 0. The van der Waals surface area contributed by atoms with Crippen molar-refractivity contribution in [2.24, 2.45) is 0 Å². The molecule has 9 heteroatoms. The van der Waals surface area contributed by atoms with Crippen molar-refractivity contribution >= 4 is 43.6 Å². The number of rotatable bonds is 12. The van der Waals surface area contributed by atoms with E-state index >= 15 is 0 Å². The summed E-state index contributed by atoms with van der Waals surface area (Å²) in [4.78, 5) is 18.7. The molecule has 10 aromatic carbocycles. The monoisotopic (exact) mass is 1290 g/mol. The zero-order chi connectivity index (χ0) is 62.1. The number of para-hydroxylation sites is 2. The fourth-order valence-electron chi connectivity index (χ4n) is 12.9. The van der Waals surface area contributed by atoms with Crippen LogP contribution in [0.3, 0.4) is 0 Å². The molecule has 448 valence electrons. The quantitative estimate of drug-likeness (QED) is 0.0896. The first kappa shape index (κ1) is 59.3. The molecule has 0 radical (unpaired) electrons. The molecule has 0 saturated heterocycles. The summed E-state index contributed by atoms with van der Waals surface area (Å²) in [6.45, 7) is 8.73. The van der Waals surface area contributed by atoms with E-state index in [1.165, 1.54) is 61.0 Å². The Hall–Kier alpha value is -11.3. The molecule has 16 aromatic rings. The van der Waals surface area contributed by atoms with Crippen molar-refractivity contribution in [2.75, 3.05) is 0 Å². The molecule has 8 nitrogen and oxygen atoms in total. The molecule has 0 bridgehead atoms. The van der Waals surface area contributed by atoms with Crippen LogP contribution in [-0.2, 0) is 20.4 Å². The van der Waals surface area contributed by atoms with Gasteiger partial charge in [0.25, 0.3) is 0 Å². The third-order valence-corrected chi connectivity index (χ3v) is 17.0. The number of benzene rings is 10. The Balaban J connectivity index is 0.000000159. The van der Waals surface area contributed by atoms with Gasteiger partial charge in [-0.25, -0.2) is 9.97 Å². The van der Waals surface area contributed by atoms with Crippen LogP contribution < -0.4 is 9.47 Å². The summed E-state index contributed by atoms with van der Waals surface area (Å²) in [5.74, 6) is 4.42. The van der Waals surface area contributed by atoms with Gasteiger partial charge in [-0.1, -0.05) is 163 Å². The Labute approximate surface area is 554 Å². The second kappa shape index (κ2) is 25.9. The fraction of sp³-hybridized carbons (Fsp3) is 0.0476. The van der Waals surface area contributed by atoms with E-state index in [1.54, 1.807) is 0 Å². The first-order valence-electron chi connectivity index (χ1n) is 30.8. The van der Waals surface area contributed by atoms with Gasteiger partial charge >= 0.3 is 20.4 Å². The molecule has 0 aliphatic heterocycles. The van der Waals surface area contributed by atoms with Gasteiger partial charge in [0.1, 0.15) is 23.1 Å². The SMILES string of the molecule is Cc1cc(-c2ccccc2)cc(C)c1-c1ccnc(-c2[c-]c(Oc3[c-]c4c(cc3)c3ccccc3n4-c3ccccn3)ccc2)c1.Cc1cc(-c2ccccc2)cc(C)c1-c1ccnc(-c2cccc(Oc3ccc4c5ccccc5n(-c5ccccn5)c4c3)c2)c1.[Pd+2]. The molecule has 0 amide bonds. The Morgan fingerprint density at radius 2 is 0.796 bits per heavy atom. The van der Waals surface area contributed by atoms with Crippen LogP contribution >= 0.6 is 0 Å². The van der Waals surface area contributed by atoms with E-state index in [1.807, 2.05) is 116 Å². The summed E-state index contributed by atoms with van der Waals surface area (Å²) in [6, 6.07) is 98.6. The van der Waals surface area contributed by atoms with Crippen LogP contribution in [0.2, 0.25) is 0 Å². The fourth-order valence-corrected chi connectivity index (χ4v) is 12.9. The van der Waals surface area contributed by atoms with Gasteiger partial charge in [-0.2, -0.15) is 6.07 Å². The molecule has 0 unspecified atom stereocenters. The average Bonchev–Trinajstić information content (AvgIpc) is 1.64. The Morgan fingerprint density at radius 1 is 0.301 bits per heavy atom. The summed E-state index contributed by atoms with van der Waals surface area (Å²) in [5, 5.41) is 4.58. The summed E-state index contributed by atoms with van der Waals surface area (Å²) >= 11 is 0. The molecule has 0 atom stereocenters. The number of aryl methyl sites for hydroxylation is 4. The molecule has 93 heavy (non-hydrogen) atoms. The molecule has 0 aliphatic rings. The summed E-state index contributed by atoms with van der Waals surface area (Å²) in [7, 11) is 0. The predicted octanol–water partition coefficient (Wildman–Crippen LogP) is 21.6. The maximum absolute atomic E-state index is 6.48. The third kappa shape index (κ3) is 11.9. The predicted molar refractivity (Wildman–Crippen MR) is 375 cm³/mol. The Bertz CT molecular complexity index is 5010. The Kier molecular flexibility index (Phi) is 16.5. The van der Waals surface area contributed by atoms with Crippen LogP contribution in [0.25, 0.3) is 122 Å². The topological polar surface area (TPSA) is 79.9 Å². The zero-order valence-corrected chi connectivity index (χ0v) is 53.1. The first-order valence-corrected chi connectivity index (χ1v) is 30.8. The second-order valence-corrected chi connectivity index (χ2v) is 23.1. The molecule has 0 fully saturated rings. The van der Waals surface area contributed by atoms with E-state index in [2.05, 4.69) is 235 Å².